The van der Waals surface area contributed by atoms with Crippen molar-refractivity contribution in [3.8, 4) is 0 Å². The van der Waals surface area contributed by atoms with Crippen LogP contribution in [0.3, 0.4) is 0 Å². The van der Waals surface area contributed by atoms with Crippen LogP contribution in [0.1, 0.15) is 33.6 Å². The van der Waals surface area contributed by atoms with Gasteiger partial charge in [-0.1, -0.05) is 20.8 Å². The van der Waals surface area contributed by atoms with Gasteiger partial charge in [0.15, 0.2) is 0 Å². The molecule has 3 nitrogen and oxygen atoms in total. The fourth-order valence-electron chi connectivity index (χ4n) is 0.677. The Labute approximate surface area is 67.3 Å². The second-order valence-electron chi connectivity index (χ2n) is 3.77. The molecule has 0 rings (SSSR count). The SMILES string of the molecule is CC(C)(C)CC/C=C/[N+](=O)[O-]. The van der Waals surface area contributed by atoms with Crippen LogP contribution in [-0.2, 0) is 0 Å². The highest BCUT2D eigenvalue weighted by atomic mass is 16.6. The highest BCUT2D eigenvalue weighted by Crippen LogP contribution is 2.20. The van der Waals surface area contributed by atoms with Gasteiger partial charge in [0.25, 0.3) is 0 Å². The first-order valence-corrected chi connectivity index (χ1v) is 3.72. The third-order valence-electron chi connectivity index (χ3n) is 1.29. The first-order chi connectivity index (χ1) is 4.92. The molecule has 11 heavy (non-hydrogen) atoms. The minimum absolute atomic E-state index is 0.265. The normalized spacial score (nSPS) is 12.3. The maximum absolute atomic E-state index is 9.84. The van der Waals surface area contributed by atoms with Crippen LogP contribution < -0.4 is 0 Å². The van der Waals surface area contributed by atoms with Crippen LogP contribution >= 0.6 is 0 Å². The van der Waals surface area contributed by atoms with Crippen molar-refractivity contribution >= 4 is 0 Å². The first kappa shape index (κ1) is 10.1. The van der Waals surface area contributed by atoms with Gasteiger partial charge in [0, 0.05) is 0 Å². The van der Waals surface area contributed by atoms with Crippen LogP contribution in [0.25, 0.3) is 0 Å². The Kier molecular flexibility index (Phi) is 3.79. The summed E-state index contributed by atoms with van der Waals surface area (Å²) in [6.07, 6.45) is 4.37. The largest absolute Gasteiger partial charge is 0.259 e. The summed E-state index contributed by atoms with van der Waals surface area (Å²) in [4.78, 5) is 9.41. The van der Waals surface area contributed by atoms with Crippen LogP contribution in [-0.4, -0.2) is 4.92 Å². The van der Waals surface area contributed by atoms with Crippen LogP contribution in [0.5, 0.6) is 0 Å². The summed E-state index contributed by atoms with van der Waals surface area (Å²) in [5, 5.41) is 9.84. The fraction of sp³-hybridized carbons (Fsp3) is 0.750. The molecule has 64 valence electrons. The number of nitrogens with zero attached hydrogens (tertiary/aromatic N) is 1. The molecule has 0 bridgehead atoms. The molecule has 0 amide bonds. The van der Waals surface area contributed by atoms with Gasteiger partial charge in [-0.15, -0.1) is 0 Å². The van der Waals surface area contributed by atoms with Crippen LogP contribution in [0.4, 0.5) is 0 Å². The zero-order valence-corrected chi connectivity index (χ0v) is 7.33. The van der Waals surface area contributed by atoms with Crippen LogP contribution in [0.15, 0.2) is 12.3 Å². The van der Waals surface area contributed by atoms with E-state index in [1.165, 1.54) is 0 Å². The van der Waals surface area contributed by atoms with Crippen molar-refractivity contribution in [1.82, 2.24) is 0 Å². The molecule has 0 aromatic carbocycles. The molecule has 0 spiro atoms. The Bertz CT molecular complexity index is 156. The van der Waals surface area contributed by atoms with Crippen molar-refractivity contribution in [2.24, 2.45) is 5.41 Å². The van der Waals surface area contributed by atoms with Gasteiger partial charge >= 0.3 is 0 Å². The lowest BCUT2D eigenvalue weighted by atomic mass is 9.91. The molecule has 0 aliphatic heterocycles. The Morgan fingerprint density at radius 3 is 2.36 bits per heavy atom. The molecule has 0 fully saturated rings. The molecule has 3 heteroatoms. The van der Waals surface area contributed by atoms with Gasteiger partial charge in [0.2, 0.25) is 6.20 Å². The lowest BCUT2D eigenvalue weighted by Gasteiger charge is -2.15. The first-order valence-electron chi connectivity index (χ1n) is 3.72. The van der Waals surface area contributed by atoms with E-state index in [1.54, 1.807) is 6.08 Å². The maximum Gasteiger partial charge on any atom is 0.230 e. The van der Waals surface area contributed by atoms with Crippen LogP contribution in [0, 0.1) is 15.5 Å². The third-order valence-corrected chi connectivity index (χ3v) is 1.29. The number of hydrogen-bond acceptors (Lipinski definition) is 2. The highest BCUT2D eigenvalue weighted by Gasteiger charge is 2.07. The smallest absolute Gasteiger partial charge is 0.230 e. The number of allylic oxidation sites excluding steroid dienone is 1. The van der Waals surface area contributed by atoms with Gasteiger partial charge in [-0.3, -0.25) is 10.1 Å². The number of nitro groups is 1. The zero-order chi connectivity index (χ0) is 8.91. The van der Waals surface area contributed by atoms with E-state index >= 15 is 0 Å². The fourth-order valence-corrected chi connectivity index (χ4v) is 0.677. The second-order valence-corrected chi connectivity index (χ2v) is 3.77. The summed E-state index contributed by atoms with van der Waals surface area (Å²) in [7, 11) is 0. The van der Waals surface area contributed by atoms with Crippen molar-refractivity contribution in [3.05, 3.63) is 22.4 Å². The van der Waals surface area contributed by atoms with Crippen molar-refractivity contribution < 1.29 is 4.92 Å². The van der Waals surface area contributed by atoms with E-state index in [4.69, 9.17) is 0 Å². The van der Waals surface area contributed by atoms with E-state index in [2.05, 4.69) is 20.8 Å². The van der Waals surface area contributed by atoms with E-state index in [0.29, 0.717) is 0 Å². The minimum Gasteiger partial charge on any atom is -0.259 e. The van der Waals surface area contributed by atoms with Gasteiger partial charge < -0.3 is 0 Å². The van der Waals surface area contributed by atoms with Crippen molar-refractivity contribution in [2.45, 2.75) is 33.6 Å². The van der Waals surface area contributed by atoms with E-state index in [-0.39, 0.29) is 5.41 Å². The molecular formula is C8H15NO2. The average Bonchev–Trinajstić information content (AvgIpc) is 1.78. The summed E-state index contributed by atoms with van der Waals surface area (Å²) in [6, 6.07) is 0. The predicted molar refractivity (Wildman–Crippen MR) is 44.8 cm³/mol. The van der Waals surface area contributed by atoms with Gasteiger partial charge in [0.1, 0.15) is 0 Å². The van der Waals surface area contributed by atoms with Crippen molar-refractivity contribution in [1.29, 1.82) is 0 Å². The predicted octanol–water partition coefficient (Wildman–Crippen LogP) is 2.60. The molecule has 0 N–H and O–H groups in total. The van der Waals surface area contributed by atoms with Gasteiger partial charge in [-0.2, -0.15) is 0 Å². The molecule has 0 aromatic rings. The molecule has 0 aliphatic carbocycles. The van der Waals surface area contributed by atoms with Crippen LogP contribution in [0.2, 0.25) is 0 Å². The van der Waals surface area contributed by atoms with Gasteiger partial charge in [0.05, 0.1) is 4.92 Å². The maximum atomic E-state index is 9.84. The Morgan fingerprint density at radius 1 is 1.45 bits per heavy atom. The molecule has 0 radical (unpaired) electrons. The highest BCUT2D eigenvalue weighted by molar-refractivity contribution is 4.75. The standard InChI is InChI=1S/C8H15NO2/c1-8(2,3)6-4-5-7-9(10)11/h5,7H,4,6H2,1-3H3/b7-5+. The van der Waals surface area contributed by atoms with Crippen molar-refractivity contribution in [2.75, 3.05) is 0 Å². The minimum atomic E-state index is -0.428. The zero-order valence-electron chi connectivity index (χ0n) is 7.33. The molecule has 0 saturated heterocycles. The Balaban J connectivity index is 3.50. The third kappa shape index (κ3) is 9.14. The summed E-state index contributed by atoms with van der Waals surface area (Å²) in [5.74, 6) is 0. The van der Waals surface area contributed by atoms with Gasteiger partial charge in [-0.05, 0) is 24.3 Å². The van der Waals surface area contributed by atoms with E-state index in [0.717, 1.165) is 19.0 Å². The molecule has 0 aromatic heterocycles. The summed E-state index contributed by atoms with van der Waals surface area (Å²) in [6.45, 7) is 6.35. The number of hydrogen-bond donors (Lipinski definition) is 0. The van der Waals surface area contributed by atoms with E-state index in [9.17, 15) is 10.1 Å². The molecule has 0 unspecified atom stereocenters. The molecule has 0 aliphatic rings. The monoisotopic (exact) mass is 157 g/mol. The molecule has 0 heterocycles. The average molecular weight is 157 g/mol. The second kappa shape index (κ2) is 4.11. The van der Waals surface area contributed by atoms with E-state index < -0.39 is 4.92 Å². The summed E-state index contributed by atoms with van der Waals surface area (Å²) >= 11 is 0. The van der Waals surface area contributed by atoms with E-state index in [1.807, 2.05) is 0 Å². The lowest BCUT2D eigenvalue weighted by molar-refractivity contribution is -0.402. The molecule has 0 atom stereocenters. The Hall–Kier alpha value is -0.860. The topological polar surface area (TPSA) is 43.1 Å². The Morgan fingerprint density at radius 2 is 2.00 bits per heavy atom. The van der Waals surface area contributed by atoms with Gasteiger partial charge in [-0.25, -0.2) is 0 Å². The van der Waals surface area contributed by atoms with Crippen molar-refractivity contribution in [3.63, 3.8) is 0 Å². The molecule has 0 saturated carbocycles. The lowest BCUT2D eigenvalue weighted by Crippen LogP contribution is -2.03. The summed E-state index contributed by atoms with van der Waals surface area (Å²) in [5.41, 5.74) is 0.265. The quantitative estimate of drug-likeness (QED) is 0.466. The number of rotatable bonds is 3. The molecular weight excluding hydrogens is 142 g/mol. The summed E-state index contributed by atoms with van der Waals surface area (Å²) < 4.78 is 0.